The first-order chi connectivity index (χ1) is 7.52. The minimum atomic E-state index is -2.71. The number of benzene rings is 1. The summed E-state index contributed by atoms with van der Waals surface area (Å²) in [5.41, 5.74) is 0.722. The highest BCUT2D eigenvalue weighted by Gasteiger charge is 2.44. The van der Waals surface area contributed by atoms with E-state index in [-0.39, 0.29) is 19.6 Å². The third-order valence-electron chi connectivity index (χ3n) is 2.75. The van der Waals surface area contributed by atoms with Crippen molar-refractivity contribution in [3.63, 3.8) is 0 Å². The average Bonchev–Trinajstić information content (AvgIpc) is 2.55. The molecule has 16 heavy (non-hydrogen) atoms. The number of alkyl halides is 2. The minimum Gasteiger partial charge on any atom is -0.394 e. The fourth-order valence-corrected chi connectivity index (χ4v) is 2.26. The molecule has 1 saturated heterocycles. The van der Waals surface area contributed by atoms with E-state index in [1.165, 1.54) is 0 Å². The maximum Gasteiger partial charge on any atom is 0.267 e. The summed E-state index contributed by atoms with van der Waals surface area (Å²) in [6.45, 7) is -0.564. The van der Waals surface area contributed by atoms with Crippen LogP contribution >= 0.6 is 15.9 Å². The molecule has 1 aliphatic rings. The number of hydrogen-bond acceptors (Lipinski definition) is 2. The van der Waals surface area contributed by atoms with Crippen LogP contribution < -0.4 is 4.90 Å². The van der Waals surface area contributed by atoms with Crippen LogP contribution in [-0.2, 0) is 0 Å². The number of rotatable bonds is 2. The highest BCUT2D eigenvalue weighted by molar-refractivity contribution is 9.10. The molecule has 0 bridgehead atoms. The SMILES string of the molecule is OCC1CC(F)(F)CN1c1ccc(Br)cc1. The Morgan fingerprint density at radius 1 is 1.38 bits per heavy atom. The van der Waals surface area contributed by atoms with Gasteiger partial charge < -0.3 is 10.0 Å². The molecule has 0 radical (unpaired) electrons. The molecule has 1 unspecified atom stereocenters. The van der Waals surface area contributed by atoms with Crippen molar-refractivity contribution in [2.24, 2.45) is 0 Å². The summed E-state index contributed by atoms with van der Waals surface area (Å²) in [5, 5.41) is 9.10. The van der Waals surface area contributed by atoms with Crippen molar-refractivity contribution in [3.05, 3.63) is 28.7 Å². The first-order valence-electron chi connectivity index (χ1n) is 5.03. The van der Waals surface area contributed by atoms with Crippen LogP contribution in [0.1, 0.15) is 6.42 Å². The van der Waals surface area contributed by atoms with Gasteiger partial charge in [0, 0.05) is 16.6 Å². The summed E-state index contributed by atoms with van der Waals surface area (Å²) in [6, 6.07) is 6.67. The Bertz CT molecular complexity index is 369. The minimum absolute atomic E-state index is 0.244. The van der Waals surface area contributed by atoms with Crippen LogP contribution in [0.4, 0.5) is 14.5 Å². The van der Waals surface area contributed by atoms with E-state index in [0.29, 0.717) is 0 Å². The molecule has 1 aromatic carbocycles. The number of aliphatic hydroxyl groups excluding tert-OH is 1. The first kappa shape index (κ1) is 11.8. The van der Waals surface area contributed by atoms with Crippen LogP contribution in [0.2, 0.25) is 0 Å². The predicted octanol–water partition coefficient (Wildman–Crippen LogP) is 2.66. The fourth-order valence-electron chi connectivity index (χ4n) is 2.00. The van der Waals surface area contributed by atoms with Gasteiger partial charge in [0.1, 0.15) is 0 Å². The van der Waals surface area contributed by atoms with E-state index < -0.39 is 12.0 Å². The molecule has 88 valence electrons. The highest BCUT2D eigenvalue weighted by Crippen LogP contribution is 2.35. The van der Waals surface area contributed by atoms with Gasteiger partial charge in [-0.15, -0.1) is 0 Å². The molecule has 5 heteroatoms. The van der Waals surface area contributed by atoms with E-state index in [1.807, 2.05) is 0 Å². The van der Waals surface area contributed by atoms with E-state index in [0.717, 1.165) is 10.2 Å². The van der Waals surface area contributed by atoms with Crippen molar-refractivity contribution < 1.29 is 13.9 Å². The van der Waals surface area contributed by atoms with Gasteiger partial charge in [0.2, 0.25) is 0 Å². The van der Waals surface area contributed by atoms with Crippen molar-refractivity contribution in [3.8, 4) is 0 Å². The molecule has 0 aromatic heterocycles. The fraction of sp³-hybridized carbons (Fsp3) is 0.455. The van der Waals surface area contributed by atoms with E-state index in [9.17, 15) is 8.78 Å². The monoisotopic (exact) mass is 291 g/mol. The van der Waals surface area contributed by atoms with Crippen molar-refractivity contribution in [1.29, 1.82) is 0 Å². The molecule has 0 spiro atoms. The normalized spacial score (nSPS) is 23.8. The maximum atomic E-state index is 13.2. The van der Waals surface area contributed by atoms with Gasteiger partial charge in [0.15, 0.2) is 0 Å². The van der Waals surface area contributed by atoms with Gasteiger partial charge in [0.25, 0.3) is 5.92 Å². The lowest BCUT2D eigenvalue weighted by Crippen LogP contribution is -2.32. The lowest BCUT2D eigenvalue weighted by Gasteiger charge is -2.24. The molecular weight excluding hydrogens is 280 g/mol. The smallest absolute Gasteiger partial charge is 0.267 e. The van der Waals surface area contributed by atoms with Gasteiger partial charge in [-0.2, -0.15) is 0 Å². The molecule has 0 amide bonds. The average molecular weight is 292 g/mol. The van der Waals surface area contributed by atoms with Crippen LogP contribution in [0, 0.1) is 0 Å². The highest BCUT2D eigenvalue weighted by atomic mass is 79.9. The summed E-state index contributed by atoms with van der Waals surface area (Å²) in [4.78, 5) is 1.56. The van der Waals surface area contributed by atoms with Gasteiger partial charge in [0.05, 0.1) is 19.2 Å². The second kappa shape index (κ2) is 4.30. The van der Waals surface area contributed by atoms with Gasteiger partial charge in [-0.1, -0.05) is 15.9 Å². The van der Waals surface area contributed by atoms with Crippen molar-refractivity contribution in [2.45, 2.75) is 18.4 Å². The van der Waals surface area contributed by atoms with Crippen molar-refractivity contribution >= 4 is 21.6 Å². The molecule has 1 aromatic rings. The molecule has 0 aliphatic carbocycles. The summed E-state index contributed by atoms with van der Waals surface area (Å²) in [7, 11) is 0. The number of aliphatic hydroxyl groups is 1. The first-order valence-corrected chi connectivity index (χ1v) is 5.82. The second-order valence-electron chi connectivity index (χ2n) is 4.00. The van der Waals surface area contributed by atoms with Crippen molar-refractivity contribution in [2.75, 3.05) is 18.1 Å². The third-order valence-corrected chi connectivity index (χ3v) is 3.27. The van der Waals surface area contributed by atoms with E-state index >= 15 is 0 Å². The quantitative estimate of drug-likeness (QED) is 0.906. The van der Waals surface area contributed by atoms with Crippen molar-refractivity contribution in [1.82, 2.24) is 0 Å². The number of halogens is 3. The van der Waals surface area contributed by atoms with Crippen LogP contribution in [0.25, 0.3) is 0 Å². The maximum absolute atomic E-state index is 13.2. The largest absolute Gasteiger partial charge is 0.394 e. The molecule has 0 saturated carbocycles. The predicted molar refractivity (Wildman–Crippen MR) is 61.9 cm³/mol. The Balaban J connectivity index is 2.23. The molecule has 2 rings (SSSR count). The molecule has 1 heterocycles. The van der Waals surface area contributed by atoms with E-state index in [4.69, 9.17) is 5.11 Å². The number of anilines is 1. The zero-order valence-electron chi connectivity index (χ0n) is 8.54. The third kappa shape index (κ3) is 2.35. The Morgan fingerprint density at radius 2 is 2.00 bits per heavy atom. The van der Waals surface area contributed by atoms with Gasteiger partial charge in [-0.05, 0) is 24.3 Å². The second-order valence-corrected chi connectivity index (χ2v) is 4.92. The van der Waals surface area contributed by atoms with E-state index in [1.54, 1.807) is 29.2 Å². The summed E-state index contributed by atoms with van der Waals surface area (Å²) in [5.74, 6) is -2.71. The van der Waals surface area contributed by atoms with Gasteiger partial charge in [-0.3, -0.25) is 0 Å². The van der Waals surface area contributed by atoms with Gasteiger partial charge >= 0.3 is 0 Å². The zero-order chi connectivity index (χ0) is 11.8. The Kier molecular flexibility index (Phi) is 3.17. The van der Waals surface area contributed by atoms with Crippen LogP contribution in [-0.4, -0.2) is 30.2 Å². The Labute approximate surface area is 101 Å². The van der Waals surface area contributed by atoms with E-state index in [2.05, 4.69) is 15.9 Å². The summed E-state index contributed by atoms with van der Waals surface area (Å²) in [6.07, 6.45) is -0.278. The summed E-state index contributed by atoms with van der Waals surface area (Å²) < 4.78 is 27.4. The lowest BCUT2D eigenvalue weighted by atomic mass is 10.2. The van der Waals surface area contributed by atoms with Crippen LogP contribution in [0.5, 0.6) is 0 Å². The summed E-state index contributed by atoms with van der Waals surface area (Å²) >= 11 is 3.29. The number of nitrogens with zero attached hydrogens (tertiary/aromatic N) is 1. The van der Waals surface area contributed by atoms with Crippen LogP contribution in [0.15, 0.2) is 28.7 Å². The molecule has 1 N–H and O–H groups in total. The molecular formula is C11H12BrF2NO. The topological polar surface area (TPSA) is 23.5 Å². The Hall–Kier alpha value is -0.680. The molecule has 1 aliphatic heterocycles. The lowest BCUT2D eigenvalue weighted by molar-refractivity contribution is 0.0201. The standard InChI is InChI=1S/C11H12BrF2NO/c12-8-1-3-9(4-2-8)15-7-11(13,14)5-10(15)6-16/h1-4,10,16H,5-7H2. The molecule has 1 atom stereocenters. The molecule has 2 nitrogen and oxygen atoms in total. The molecule has 1 fully saturated rings. The number of hydrogen-bond donors (Lipinski definition) is 1. The zero-order valence-corrected chi connectivity index (χ0v) is 10.1. The van der Waals surface area contributed by atoms with Crippen LogP contribution in [0.3, 0.4) is 0 Å². The van der Waals surface area contributed by atoms with Gasteiger partial charge in [-0.25, -0.2) is 8.78 Å². The Morgan fingerprint density at radius 3 is 2.56 bits per heavy atom.